The Hall–Kier alpha value is -3.59. The van der Waals surface area contributed by atoms with Crippen LogP contribution < -0.4 is 5.32 Å². The van der Waals surface area contributed by atoms with Crippen LogP contribution in [0.3, 0.4) is 0 Å². The van der Waals surface area contributed by atoms with Crippen molar-refractivity contribution < 1.29 is 0 Å². The standard InChI is InChI=1S/C39H47N3/c1-23(2)28-18-13-19-29(24(3)4)37(28)41-38(35-26(6)20-25(5)21-27(35)7)39-40-34(22-42(39)8)36-32-16-11-9-14-30(32)31-15-10-12-17-33(31)36/h9,11,13-14,16,18-24,36,38,41H,10,12,15,17H2,1-8H3. The molecule has 3 aromatic carbocycles. The summed E-state index contributed by atoms with van der Waals surface area (Å²) in [5.41, 5.74) is 16.5. The summed E-state index contributed by atoms with van der Waals surface area (Å²) in [6.45, 7) is 15.9. The SMILES string of the molecule is Cc1cc(C)c(C(Nc2c(C(C)C)cccc2C(C)C)c2nc(C3C4=C(CCCC4)c4ccccc43)cn2C)c(C)c1. The van der Waals surface area contributed by atoms with E-state index < -0.39 is 0 Å². The number of anilines is 1. The minimum atomic E-state index is -0.0711. The molecule has 1 N–H and O–H groups in total. The van der Waals surface area contributed by atoms with E-state index in [0.717, 1.165) is 5.82 Å². The molecule has 2 unspecified atom stereocenters. The van der Waals surface area contributed by atoms with E-state index in [1.165, 1.54) is 81.6 Å². The van der Waals surface area contributed by atoms with Gasteiger partial charge in [0.05, 0.1) is 5.69 Å². The van der Waals surface area contributed by atoms with Crippen LogP contribution in [-0.2, 0) is 7.05 Å². The summed E-state index contributed by atoms with van der Waals surface area (Å²) in [4.78, 5) is 5.57. The topological polar surface area (TPSA) is 29.9 Å². The Bertz CT molecular complexity index is 1620. The average molecular weight is 558 g/mol. The number of nitrogens with one attached hydrogen (secondary N) is 1. The molecule has 3 heteroatoms. The predicted molar refractivity (Wildman–Crippen MR) is 178 cm³/mol. The van der Waals surface area contributed by atoms with Gasteiger partial charge in [-0.3, -0.25) is 0 Å². The van der Waals surface area contributed by atoms with Crippen LogP contribution in [0.15, 0.2) is 66.4 Å². The highest BCUT2D eigenvalue weighted by Crippen LogP contribution is 2.51. The molecule has 0 saturated carbocycles. The fraction of sp³-hybridized carbons (Fsp3) is 0.410. The van der Waals surface area contributed by atoms with Crippen LogP contribution in [0.1, 0.15) is 133 Å². The van der Waals surface area contributed by atoms with Crippen molar-refractivity contribution in [3.63, 3.8) is 0 Å². The van der Waals surface area contributed by atoms with Crippen molar-refractivity contribution in [2.24, 2.45) is 7.05 Å². The molecule has 2 atom stereocenters. The lowest BCUT2D eigenvalue weighted by Crippen LogP contribution is -2.21. The number of nitrogens with zero attached hydrogens (tertiary/aromatic N) is 2. The molecular weight excluding hydrogens is 510 g/mol. The number of hydrogen-bond donors (Lipinski definition) is 1. The quantitative estimate of drug-likeness (QED) is 0.245. The van der Waals surface area contributed by atoms with E-state index in [1.54, 1.807) is 11.1 Å². The van der Waals surface area contributed by atoms with Crippen LogP contribution in [0.2, 0.25) is 0 Å². The molecule has 6 rings (SSSR count). The van der Waals surface area contributed by atoms with Crippen molar-refractivity contribution in [1.82, 2.24) is 9.55 Å². The minimum absolute atomic E-state index is 0.0711. The second-order valence-corrected chi connectivity index (χ2v) is 13.4. The third kappa shape index (κ3) is 4.91. The normalized spacial score (nSPS) is 17.1. The molecule has 0 spiro atoms. The molecule has 0 aliphatic heterocycles. The molecule has 42 heavy (non-hydrogen) atoms. The molecule has 0 fully saturated rings. The maximum Gasteiger partial charge on any atom is 0.136 e. The van der Waals surface area contributed by atoms with Gasteiger partial charge in [0, 0.05) is 24.8 Å². The lowest BCUT2D eigenvalue weighted by molar-refractivity contribution is 0.689. The Labute approximate surface area is 253 Å². The average Bonchev–Trinajstić information content (AvgIpc) is 3.49. The first-order chi connectivity index (χ1) is 20.2. The second-order valence-electron chi connectivity index (χ2n) is 13.4. The first-order valence-electron chi connectivity index (χ1n) is 16.0. The van der Waals surface area contributed by atoms with Crippen LogP contribution in [0.25, 0.3) is 5.57 Å². The van der Waals surface area contributed by atoms with Gasteiger partial charge in [-0.15, -0.1) is 0 Å². The highest BCUT2D eigenvalue weighted by molar-refractivity contribution is 5.80. The third-order valence-electron chi connectivity index (χ3n) is 9.63. The molecule has 0 amide bonds. The zero-order chi connectivity index (χ0) is 29.7. The number of aromatic nitrogens is 2. The van der Waals surface area contributed by atoms with Gasteiger partial charge < -0.3 is 9.88 Å². The number of rotatable bonds is 7. The van der Waals surface area contributed by atoms with Crippen molar-refractivity contribution in [2.45, 2.75) is 97.9 Å². The van der Waals surface area contributed by atoms with E-state index in [4.69, 9.17) is 4.98 Å². The largest absolute Gasteiger partial charge is 0.371 e. The van der Waals surface area contributed by atoms with Gasteiger partial charge in [0.15, 0.2) is 0 Å². The molecule has 0 bridgehead atoms. The lowest BCUT2D eigenvalue weighted by atomic mass is 9.86. The number of fused-ring (bicyclic) bond motifs is 2. The Morgan fingerprint density at radius 1 is 0.833 bits per heavy atom. The number of allylic oxidation sites excluding steroid dienone is 2. The summed E-state index contributed by atoms with van der Waals surface area (Å²) in [6, 6.07) is 20.5. The molecule has 2 aliphatic rings. The van der Waals surface area contributed by atoms with E-state index in [2.05, 4.69) is 126 Å². The zero-order valence-electron chi connectivity index (χ0n) is 26.8. The molecule has 0 saturated heterocycles. The van der Waals surface area contributed by atoms with Gasteiger partial charge in [-0.25, -0.2) is 4.98 Å². The molecule has 4 aromatic rings. The summed E-state index contributed by atoms with van der Waals surface area (Å²) in [5, 5.41) is 4.14. The molecule has 3 nitrogen and oxygen atoms in total. The zero-order valence-corrected chi connectivity index (χ0v) is 26.8. The molecule has 218 valence electrons. The van der Waals surface area contributed by atoms with Crippen molar-refractivity contribution >= 4 is 11.3 Å². The van der Waals surface area contributed by atoms with Gasteiger partial charge in [-0.2, -0.15) is 0 Å². The van der Waals surface area contributed by atoms with Crippen molar-refractivity contribution in [2.75, 3.05) is 5.32 Å². The van der Waals surface area contributed by atoms with Crippen LogP contribution in [0.4, 0.5) is 5.69 Å². The van der Waals surface area contributed by atoms with Gasteiger partial charge >= 0.3 is 0 Å². The van der Waals surface area contributed by atoms with Crippen LogP contribution in [-0.4, -0.2) is 9.55 Å². The number of para-hydroxylation sites is 1. The van der Waals surface area contributed by atoms with Gasteiger partial charge in [0.2, 0.25) is 0 Å². The maximum absolute atomic E-state index is 5.57. The Balaban J connectivity index is 1.53. The Morgan fingerprint density at radius 3 is 2.14 bits per heavy atom. The fourth-order valence-electron chi connectivity index (χ4n) is 7.79. The number of imidazole rings is 1. The van der Waals surface area contributed by atoms with Crippen molar-refractivity contribution in [3.05, 3.63) is 122 Å². The molecule has 1 aromatic heterocycles. The number of benzene rings is 3. The number of aryl methyl sites for hydroxylation is 4. The highest BCUT2D eigenvalue weighted by atomic mass is 15.1. The van der Waals surface area contributed by atoms with Crippen molar-refractivity contribution in [3.8, 4) is 0 Å². The van der Waals surface area contributed by atoms with E-state index in [0.29, 0.717) is 11.8 Å². The van der Waals surface area contributed by atoms with E-state index in [-0.39, 0.29) is 12.0 Å². The summed E-state index contributed by atoms with van der Waals surface area (Å²) in [7, 11) is 2.19. The fourth-order valence-corrected chi connectivity index (χ4v) is 7.79. The number of hydrogen-bond acceptors (Lipinski definition) is 2. The molecule has 1 heterocycles. The maximum atomic E-state index is 5.57. The minimum Gasteiger partial charge on any atom is -0.371 e. The lowest BCUT2D eigenvalue weighted by Gasteiger charge is -2.28. The van der Waals surface area contributed by atoms with Crippen LogP contribution >= 0.6 is 0 Å². The smallest absolute Gasteiger partial charge is 0.136 e. The van der Waals surface area contributed by atoms with E-state index >= 15 is 0 Å². The first-order valence-corrected chi connectivity index (χ1v) is 16.0. The van der Waals surface area contributed by atoms with Gasteiger partial charge in [-0.05, 0) is 103 Å². The summed E-state index contributed by atoms with van der Waals surface area (Å²) in [5.74, 6) is 2.16. The predicted octanol–water partition coefficient (Wildman–Crippen LogP) is 10.3. The van der Waals surface area contributed by atoms with Gasteiger partial charge in [0.1, 0.15) is 11.9 Å². The Morgan fingerprint density at radius 2 is 1.48 bits per heavy atom. The molecule has 2 aliphatic carbocycles. The third-order valence-corrected chi connectivity index (χ3v) is 9.63. The van der Waals surface area contributed by atoms with Crippen LogP contribution in [0.5, 0.6) is 0 Å². The van der Waals surface area contributed by atoms with Gasteiger partial charge in [-0.1, -0.05) is 93.4 Å². The monoisotopic (exact) mass is 557 g/mol. The summed E-state index contributed by atoms with van der Waals surface area (Å²) < 4.78 is 2.29. The van der Waals surface area contributed by atoms with Crippen LogP contribution in [0, 0.1) is 20.8 Å². The van der Waals surface area contributed by atoms with E-state index in [9.17, 15) is 0 Å². The second kappa shape index (κ2) is 11.2. The molecule has 0 radical (unpaired) electrons. The summed E-state index contributed by atoms with van der Waals surface area (Å²) in [6.07, 6.45) is 7.25. The summed E-state index contributed by atoms with van der Waals surface area (Å²) >= 11 is 0. The van der Waals surface area contributed by atoms with Crippen molar-refractivity contribution in [1.29, 1.82) is 0 Å². The van der Waals surface area contributed by atoms with Gasteiger partial charge in [0.25, 0.3) is 0 Å². The van der Waals surface area contributed by atoms with E-state index in [1.807, 2.05) is 0 Å². The first kappa shape index (κ1) is 28.5. The highest BCUT2D eigenvalue weighted by Gasteiger charge is 2.36. The molecular formula is C39H47N3. The Kier molecular flexibility index (Phi) is 7.64.